The highest BCUT2D eigenvalue weighted by Crippen LogP contribution is 2.41. The van der Waals surface area contributed by atoms with Crippen LogP contribution < -0.4 is 0 Å². The maximum Gasteiger partial charge on any atom is 0.150 e. The van der Waals surface area contributed by atoms with Crippen molar-refractivity contribution in [3.05, 3.63) is 34.6 Å². The van der Waals surface area contributed by atoms with Crippen molar-refractivity contribution in [3.8, 4) is 0 Å². The normalized spacial score (nSPS) is 21.6. The molecule has 0 spiro atoms. The third-order valence-electron chi connectivity index (χ3n) is 4.20. The summed E-state index contributed by atoms with van der Waals surface area (Å²) in [7, 11) is -3.05. The van der Waals surface area contributed by atoms with E-state index in [1.807, 2.05) is 0 Å². The van der Waals surface area contributed by atoms with E-state index in [9.17, 15) is 12.8 Å². The molecule has 1 heterocycles. The van der Waals surface area contributed by atoms with E-state index in [1.165, 1.54) is 6.07 Å². The van der Waals surface area contributed by atoms with Crippen molar-refractivity contribution >= 4 is 44.6 Å². The van der Waals surface area contributed by atoms with Crippen LogP contribution in [-0.4, -0.2) is 31.7 Å². The Morgan fingerprint density at radius 2 is 1.95 bits per heavy atom. The maximum atomic E-state index is 14.1. The summed E-state index contributed by atoms with van der Waals surface area (Å²) in [5, 5.41) is 0.0459. The van der Waals surface area contributed by atoms with Crippen molar-refractivity contribution in [1.82, 2.24) is 0 Å². The number of benzene rings is 1. The molecular formula is C14H16Cl3FO2S. The third kappa shape index (κ3) is 3.66. The van der Waals surface area contributed by atoms with Gasteiger partial charge in [-0.1, -0.05) is 23.7 Å². The second kappa shape index (κ2) is 6.61. The SMILES string of the molecule is O=S1(=O)CCC(C(CCl)(CCl)Cc2cccc(Cl)c2F)C1. The quantitative estimate of drug-likeness (QED) is 0.733. The lowest BCUT2D eigenvalue weighted by atomic mass is 9.73. The first-order valence-corrected chi connectivity index (χ1v) is 9.85. The average Bonchev–Trinajstić information content (AvgIpc) is 2.81. The fourth-order valence-electron chi connectivity index (χ4n) is 2.84. The minimum Gasteiger partial charge on any atom is -0.229 e. The van der Waals surface area contributed by atoms with Gasteiger partial charge in [0.2, 0.25) is 0 Å². The van der Waals surface area contributed by atoms with Crippen molar-refractivity contribution < 1.29 is 12.8 Å². The Balaban J connectivity index is 2.32. The first kappa shape index (κ1) is 17.3. The molecule has 1 atom stereocenters. The summed E-state index contributed by atoms with van der Waals surface area (Å²) in [5.41, 5.74) is -0.217. The monoisotopic (exact) mass is 372 g/mol. The first-order chi connectivity index (χ1) is 9.83. The van der Waals surface area contributed by atoms with E-state index in [-0.39, 0.29) is 40.6 Å². The van der Waals surface area contributed by atoms with Crippen LogP contribution in [0.15, 0.2) is 18.2 Å². The van der Waals surface area contributed by atoms with Gasteiger partial charge < -0.3 is 0 Å². The summed E-state index contributed by atoms with van der Waals surface area (Å²) in [6.45, 7) is 0. The number of sulfone groups is 1. The van der Waals surface area contributed by atoms with Gasteiger partial charge in [0.25, 0.3) is 0 Å². The van der Waals surface area contributed by atoms with Crippen LogP contribution in [0, 0.1) is 17.2 Å². The van der Waals surface area contributed by atoms with E-state index in [0.717, 1.165) is 0 Å². The fraction of sp³-hybridized carbons (Fsp3) is 0.571. The van der Waals surface area contributed by atoms with Gasteiger partial charge in [-0.2, -0.15) is 0 Å². The lowest BCUT2D eigenvalue weighted by Gasteiger charge is -2.35. The smallest absolute Gasteiger partial charge is 0.150 e. The first-order valence-electron chi connectivity index (χ1n) is 6.59. The molecule has 1 aromatic rings. The van der Waals surface area contributed by atoms with E-state index in [1.54, 1.807) is 12.1 Å². The molecule has 0 aromatic heterocycles. The second-order valence-electron chi connectivity index (χ2n) is 5.62. The van der Waals surface area contributed by atoms with Gasteiger partial charge in [0.15, 0.2) is 9.84 Å². The predicted octanol–water partition coefficient (Wildman–Crippen LogP) is 3.92. The molecule has 2 rings (SSSR count). The van der Waals surface area contributed by atoms with Crippen LogP contribution in [0.4, 0.5) is 4.39 Å². The molecule has 21 heavy (non-hydrogen) atoms. The summed E-state index contributed by atoms with van der Waals surface area (Å²) >= 11 is 18.0. The van der Waals surface area contributed by atoms with Crippen molar-refractivity contribution in [2.75, 3.05) is 23.3 Å². The maximum absolute atomic E-state index is 14.1. The molecule has 1 aliphatic heterocycles. The van der Waals surface area contributed by atoms with E-state index < -0.39 is 21.1 Å². The van der Waals surface area contributed by atoms with E-state index in [2.05, 4.69) is 0 Å². The zero-order valence-electron chi connectivity index (χ0n) is 11.3. The van der Waals surface area contributed by atoms with Crippen LogP contribution in [0.2, 0.25) is 5.02 Å². The molecule has 1 unspecified atom stereocenters. The molecular weight excluding hydrogens is 358 g/mol. The molecule has 0 N–H and O–H groups in total. The number of hydrogen-bond acceptors (Lipinski definition) is 2. The minimum atomic E-state index is -3.05. The van der Waals surface area contributed by atoms with E-state index in [4.69, 9.17) is 34.8 Å². The minimum absolute atomic E-state index is 0.0459. The zero-order valence-corrected chi connectivity index (χ0v) is 14.4. The molecule has 0 radical (unpaired) electrons. The Morgan fingerprint density at radius 1 is 1.29 bits per heavy atom. The molecule has 0 saturated carbocycles. The zero-order chi connectivity index (χ0) is 15.7. The number of alkyl halides is 2. The number of rotatable bonds is 5. The summed E-state index contributed by atoms with van der Waals surface area (Å²) in [6, 6.07) is 4.78. The molecule has 1 aliphatic rings. The van der Waals surface area contributed by atoms with Crippen molar-refractivity contribution in [2.45, 2.75) is 12.8 Å². The molecule has 2 nitrogen and oxygen atoms in total. The Hall–Kier alpha value is -0.0300. The topological polar surface area (TPSA) is 34.1 Å². The highest BCUT2D eigenvalue weighted by atomic mass is 35.5. The van der Waals surface area contributed by atoms with Crippen LogP contribution in [0.25, 0.3) is 0 Å². The Morgan fingerprint density at radius 3 is 2.48 bits per heavy atom. The van der Waals surface area contributed by atoms with Crippen LogP contribution in [0.1, 0.15) is 12.0 Å². The lowest BCUT2D eigenvalue weighted by molar-refractivity contribution is 0.242. The van der Waals surface area contributed by atoms with Gasteiger partial charge in [-0.05, 0) is 30.4 Å². The highest BCUT2D eigenvalue weighted by Gasteiger charge is 2.44. The van der Waals surface area contributed by atoms with Gasteiger partial charge in [-0.15, -0.1) is 23.2 Å². The molecule has 118 valence electrons. The predicted molar refractivity (Wildman–Crippen MR) is 85.7 cm³/mol. The highest BCUT2D eigenvalue weighted by molar-refractivity contribution is 7.91. The van der Waals surface area contributed by atoms with Crippen LogP contribution in [0.5, 0.6) is 0 Å². The van der Waals surface area contributed by atoms with Crippen LogP contribution in [-0.2, 0) is 16.3 Å². The molecule has 1 fully saturated rings. The Labute approximate surface area is 139 Å². The average molecular weight is 374 g/mol. The largest absolute Gasteiger partial charge is 0.229 e. The van der Waals surface area contributed by atoms with Gasteiger partial charge in [0.05, 0.1) is 16.5 Å². The van der Waals surface area contributed by atoms with Gasteiger partial charge >= 0.3 is 0 Å². The second-order valence-corrected chi connectivity index (χ2v) is 8.79. The Bertz CT molecular complexity index is 615. The van der Waals surface area contributed by atoms with Crippen molar-refractivity contribution in [3.63, 3.8) is 0 Å². The van der Waals surface area contributed by atoms with E-state index >= 15 is 0 Å². The van der Waals surface area contributed by atoms with E-state index in [0.29, 0.717) is 12.0 Å². The van der Waals surface area contributed by atoms with Gasteiger partial charge in [0.1, 0.15) is 5.82 Å². The molecule has 1 aromatic carbocycles. The summed E-state index contributed by atoms with van der Waals surface area (Å²) in [6.07, 6.45) is 0.802. The standard InChI is InChI=1S/C14H16Cl3FO2S/c15-8-14(9-16,11-4-5-21(19,20)7-11)6-10-2-1-3-12(17)13(10)18/h1-3,11H,4-9H2. The van der Waals surface area contributed by atoms with Crippen molar-refractivity contribution in [1.29, 1.82) is 0 Å². The third-order valence-corrected chi connectivity index (χ3v) is 7.33. The van der Waals surface area contributed by atoms with Crippen LogP contribution >= 0.6 is 34.8 Å². The number of hydrogen-bond donors (Lipinski definition) is 0. The molecule has 0 aliphatic carbocycles. The Kier molecular flexibility index (Phi) is 5.45. The molecule has 0 amide bonds. The number of halogens is 4. The summed E-state index contributed by atoms with van der Waals surface area (Å²) in [5.74, 6) is -0.0685. The fourth-order valence-corrected chi connectivity index (χ4v) is 5.88. The molecule has 0 bridgehead atoms. The van der Waals surface area contributed by atoms with Crippen molar-refractivity contribution in [2.24, 2.45) is 11.3 Å². The van der Waals surface area contributed by atoms with Gasteiger partial charge in [0, 0.05) is 17.2 Å². The lowest BCUT2D eigenvalue weighted by Crippen LogP contribution is -2.38. The van der Waals surface area contributed by atoms with Gasteiger partial charge in [-0.3, -0.25) is 0 Å². The van der Waals surface area contributed by atoms with Gasteiger partial charge in [-0.25, -0.2) is 12.8 Å². The summed E-state index contributed by atoms with van der Waals surface area (Å²) in [4.78, 5) is 0. The summed E-state index contributed by atoms with van der Waals surface area (Å²) < 4.78 is 37.5. The molecule has 7 heteroatoms. The molecule has 1 saturated heterocycles. The van der Waals surface area contributed by atoms with Crippen LogP contribution in [0.3, 0.4) is 0 Å².